The van der Waals surface area contributed by atoms with Gasteiger partial charge in [-0.05, 0) is 18.1 Å². The second-order valence-electron chi connectivity index (χ2n) is 7.28. The molecule has 142 valence electrons. The van der Waals surface area contributed by atoms with E-state index >= 15 is 0 Å². The average molecular weight is 375 g/mol. The molecule has 1 N–H and O–H groups in total. The number of benzene rings is 2. The Balaban J connectivity index is 1.67. The summed E-state index contributed by atoms with van der Waals surface area (Å²) in [5, 5.41) is 11.1. The summed E-state index contributed by atoms with van der Waals surface area (Å²) in [6.45, 7) is 3.48. The Morgan fingerprint density at radius 3 is 2.56 bits per heavy atom. The van der Waals surface area contributed by atoms with Gasteiger partial charge >= 0.3 is 0 Å². The van der Waals surface area contributed by atoms with Crippen molar-refractivity contribution in [2.45, 2.75) is 25.5 Å². The Bertz CT molecular complexity index is 972. The molecule has 1 aliphatic rings. The van der Waals surface area contributed by atoms with E-state index in [1.807, 2.05) is 30.3 Å². The van der Waals surface area contributed by atoms with Gasteiger partial charge < -0.3 is 9.52 Å². The maximum Gasteiger partial charge on any atom is 0.195 e. The van der Waals surface area contributed by atoms with Gasteiger partial charge in [0.25, 0.3) is 0 Å². The van der Waals surface area contributed by atoms with E-state index in [-0.39, 0.29) is 23.0 Å². The number of rotatable bonds is 3. The number of piperidine rings is 1. The molecule has 0 aliphatic carbocycles. The lowest BCUT2D eigenvalue weighted by atomic mass is 9.76. The van der Waals surface area contributed by atoms with E-state index in [2.05, 4.69) is 4.90 Å². The molecule has 3 nitrogen and oxygen atoms in total. The molecule has 0 radical (unpaired) electrons. The van der Waals surface area contributed by atoms with Crippen LogP contribution in [0.25, 0.3) is 11.0 Å². The molecular formula is C21H20F3NO2. The summed E-state index contributed by atoms with van der Waals surface area (Å²) in [7, 11) is 0. The number of fused-ring (bicyclic) bond motifs is 1. The maximum atomic E-state index is 14.7. The van der Waals surface area contributed by atoms with Gasteiger partial charge in [0.05, 0.1) is 17.2 Å². The number of hydrogen-bond donors (Lipinski definition) is 1. The molecule has 1 aromatic heterocycles. The predicted molar refractivity (Wildman–Crippen MR) is 95.5 cm³/mol. The van der Waals surface area contributed by atoms with Gasteiger partial charge in [0, 0.05) is 25.6 Å². The van der Waals surface area contributed by atoms with Crippen LogP contribution in [0.5, 0.6) is 0 Å². The van der Waals surface area contributed by atoms with Gasteiger partial charge in [-0.2, -0.15) is 0 Å². The van der Waals surface area contributed by atoms with Crippen LogP contribution in [0.15, 0.2) is 47.1 Å². The molecule has 1 saturated heterocycles. The van der Waals surface area contributed by atoms with E-state index in [0.717, 1.165) is 5.56 Å². The highest BCUT2D eigenvalue weighted by Gasteiger charge is 2.45. The summed E-state index contributed by atoms with van der Waals surface area (Å²) in [6.07, 6.45) is 1.37. The zero-order valence-corrected chi connectivity index (χ0v) is 14.9. The first-order valence-corrected chi connectivity index (χ1v) is 8.94. The van der Waals surface area contributed by atoms with Crippen LogP contribution in [0.3, 0.4) is 0 Å². The van der Waals surface area contributed by atoms with Gasteiger partial charge in [-0.1, -0.05) is 37.3 Å². The first-order chi connectivity index (χ1) is 12.9. The van der Waals surface area contributed by atoms with Crippen LogP contribution < -0.4 is 0 Å². The minimum atomic E-state index is -1.64. The first-order valence-electron chi connectivity index (χ1n) is 8.94. The Hall–Kier alpha value is -2.31. The van der Waals surface area contributed by atoms with Crippen LogP contribution in [0.4, 0.5) is 13.2 Å². The van der Waals surface area contributed by atoms with Crippen molar-refractivity contribution in [3.05, 3.63) is 71.2 Å². The number of halogens is 3. The normalized spacial score (nSPS) is 23.8. The third kappa shape index (κ3) is 2.93. The monoisotopic (exact) mass is 375 g/mol. The maximum absolute atomic E-state index is 14.7. The number of aliphatic hydroxyl groups is 1. The minimum Gasteiger partial charge on any atom is -0.464 e. The third-order valence-corrected chi connectivity index (χ3v) is 5.57. The summed E-state index contributed by atoms with van der Waals surface area (Å²) in [5.74, 6) is -4.65. The quantitative estimate of drug-likeness (QED) is 0.681. The van der Waals surface area contributed by atoms with Crippen molar-refractivity contribution in [3.63, 3.8) is 0 Å². The Labute approximate surface area is 155 Å². The standard InChI is InChI=1S/C21H20F3NO2/c1-13-11-25(12-14-5-3-2-4-6-14)9-8-21(13,26)16-18(23)19(24)17(22)15-7-10-27-20(15)16/h2-7,10,13,26H,8-9,11-12H2,1H3. The highest BCUT2D eigenvalue weighted by Crippen LogP contribution is 2.43. The van der Waals surface area contributed by atoms with Gasteiger partial charge in [-0.25, -0.2) is 13.2 Å². The predicted octanol–water partition coefficient (Wildman–Crippen LogP) is 4.58. The fraction of sp³-hybridized carbons (Fsp3) is 0.333. The lowest BCUT2D eigenvalue weighted by molar-refractivity contribution is -0.0748. The van der Waals surface area contributed by atoms with Gasteiger partial charge in [0.2, 0.25) is 0 Å². The van der Waals surface area contributed by atoms with Crippen molar-refractivity contribution in [3.8, 4) is 0 Å². The molecule has 0 saturated carbocycles. The van der Waals surface area contributed by atoms with Gasteiger partial charge in [-0.3, -0.25) is 4.90 Å². The summed E-state index contributed by atoms with van der Waals surface area (Å²) in [4.78, 5) is 2.16. The topological polar surface area (TPSA) is 36.6 Å². The van der Waals surface area contributed by atoms with E-state index in [1.54, 1.807) is 6.92 Å². The molecule has 4 rings (SSSR count). The first kappa shape index (κ1) is 18.1. The van der Waals surface area contributed by atoms with E-state index < -0.39 is 29.0 Å². The summed E-state index contributed by atoms with van der Waals surface area (Å²) < 4.78 is 48.0. The molecular weight excluding hydrogens is 355 g/mol. The highest BCUT2D eigenvalue weighted by atomic mass is 19.2. The van der Waals surface area contributed by atoms with E-state index in [1.165, 1.54) is 12.3 Å². The molecule has 3 aromatic rings. The summed E-state index contributed by atoms with van der Waals surface area (Å²) >= 11 is 0. The molecule has 6 heteroatoms. The van der Waals surface area contributed by atoms with Crippen LogP contribution in [0.1, 0.15) is 24.5 Å². The second-order valence-corrected chi connectivity index (χ2v) is 7.28. The second kappa shape index (κ2) is 6.69. The molecule has 0 spiro atoms. The molecule has 27 heavy (non-hydrogen) atoms. The highest BCUT2D eigenvalue weighted by molar-refractivity contribution is 5.82. The fourth-order valence-corrected chi connectivity index (χ4v) is 4.05. The van der Waals surface area contributed by atoms with Gasteiger partial charge in [0.15, 0.2) is 17.5 Å². The molecule has 0 bridgehead atoms. The molecule has 2 unspecified atom stereocenters. The fourth-order valence-electron chi connectivity index (χ4n) is 4.05. The molecule has 0 amide bonds. The molecule has 2 atom stereocenters. The van der Waals surface area contributed by atoms with Crippen molar-refractivity contribution >= 4 is 11.0 Å². The Morgan fingerprint density at radius 2 is 1.85 bits per heavy atom. The Morgan fingerprint density at radius 1 is 1.11 bits per heavy atom. The molecule has 2 aromatic carbocycles. The van der Waals surface area contributed by atoms with Crippen LogP contribution in [0, 0.1) is 23.4 Å². The van der Waals surface area contributed by atoms with E-state index in [0.29, 0.717) is 19.6 Å². The zero-order chi connectivity index (χ0) is 19.2. The number of likely N-dealkylation sites (tertiary alicyclic amines) is 1. The van der Waals surface area contributed by atoms with Gasteiger partial charge in [0.1, 0.15) is 11.2 Å². The molecule has 1 fully saturated rings. The summed E-state index contributed by atoms with van der Waals surface area (Å²) in [5.41, 5.74) is -0.907. The molecule has 1 aliphatic heterocycles. The zero-order valence-electron chi connectivity index (χ0n) is 14.9. The minimum absolute atomic E-state index is 0.128. The van der Waals surface area contributed by atoms with E-state index in [4.69, 9.17) is 4.42 Å². The smallest absolute Gasteiger partial charge is 0.195 e. The number of nitrogens with zero attached hydrogens (tertiary/aromatic N) is 1. The lowest BCUT2D eigenvalue weighted by Gasteiger charge is -2.43. The van der Waals surface area contributed by atoms with Crippen molar-refractivity contribution < 1.29 is 22.7 Å². The lowest BCUT2D eigenvalue weighted by Crippen LogP contribution is -2.49. The summed E-state index contributed by atoms with van der Waals surface area (Å²) in [6, 6.07) is 11.2. The van der Waals surface area contributed by atoms with Crippen LogP contribution >= 0.6 is 0 Å². The SMILES string of the molecule is CC1CN(Cc2ccccc2)CCC1(O)c1c(F)c(F)c(F)c2ccoc12. The van der Waals surface area contributed by atoms with Crippen LogP contribution in [-0.2, 0) is 12.1 Å². The Kier molecular flexibility index (Phi) is 4.48. The van der Waals surface area contributed by atoms with Crippen molar-refractivity contribution in [2.75, 3.05) is 13.1 Å². The van der Waals surface area contributed by atoms with Crippen molar-refractivity contribution in [2.24, 2.45) is 5.92 Å². The van der Waals surface area contributed by atoms with Crippen molar-refractivity contribution in [1.82, 2.24) is 4.90 Å². The van der Waals surface area contributed by atoms with Crippen LogP contribution in [-0.4, -0.2) is 23.1 Å². The largest absolute Gasteiger partial charge is 0.464 e. The number of furan rings is 1. The van der Waals surface area contributed by atoms with Crippen LogP contribution in [0.2, 0.25) is 0 Å². The third-order valence-electron chi connectivity index (χ3n) is 5.57. The molecule has 2 heterocycles. The van der Waals surface area contributed by atoms with Gasteiger partial charge in [-0.15, -0.1) is 0 Å². The number of hydrogen-bond acceptors (Lipinski definition) is 3. The van der Waals surface area contributed by atoms with Crippen molar-refractivity contribution in [1.29, 1.82) is 0 Å². The average Bonchev–Trinajstić information content (AvgIpc) is 3.13. The van der Waals surface area contributed by atoms with E-state index in [9.17, 15) is 18.3 Å².